The largest absolute Gasteiger partial charge is 0.497 e. The van der Waals surface area contributed by atoms with Crippen molar-refractivity contribution < 1.29 is 29.3 Å². The molecule has 1 aromatic rings. The Morgan fingerprint density at radius 2 is 1.96 bits per heavy atom. The van der Waals surface area contributed by atoms with Crippen LogP contribution in [0, 0.1) is 0 Å². The van der Waals surface area contributed by atoms with Gasteiger partial charge < -0.3 is 14.9 Å². The van der Waals surface area contributed by atoms with Gasteiger partial charge >= 0.3 is 11.9 Å². The van der Waals surface area contributed by atoms with Gasteiger partial charge in [-0.15, -0.1) is 0 Å². The van der Waals surface area contributed by atoms with Crippen LogP contribution in [0.25, 0.3) is 6.08 Å². The van der Waals surface area contributed by atoms with Crippen LogP contribution in [0.15, 0.2) is 29.2 Å². The molecule has 0 spiro atoms. The maximum Gasteiger partial charge on any atom is 0.327 e. The van der Waals surface area contributed by atoms with Gasteiger partial charge in [0.25, 0.3) is 5.91 Å². The third kappa shape index (κ3) is 3.92. The molecule has 1 aliphatic rings. The molecule has 0 aromatic heterocycles. The highest BCUT2D eigenvalue weighted by atomic mass is 32.2. The van der Waals surface area contributed by atoms with Gasteiger partial charge in [0, 0.05) is 0 Å². The van der Waals surface area contributed by atoms with Gasteiger partial charge in [0.1, 0.15) is 16.1 Å². The normalized spacial score (nSPS) is 17.2. The molecule has 1 amide bonds. The quantitative estimate of drug-likeness (QED) is 0.580. The van der Waals surface area contributed by atoms with E-state index in [1.54, 1.807) is 30.3 Å². The van der Waals surface area contributed by atoms with Gasteiger partial charge in [0.15, 0.2) is 0 Å². The summed E-state index contributed by atoms with van der Waals surface area (Å²) in [7, 11) is 1.54. The molecule has 0 radical (unpaired) electrons. The van der Waals surface area contributed by atoms with Crippen LogP contribution >= 0.6 is 24.0 Å². The molecule has 7 nitrogen and oxygen atoms in total. The fourth-order valence-corrected chi connectivity index (χ4v) is 3.41. The Labute approximate surface area is 146 Å². The fourth-order valence-electron chi connectivity index (χ4n) is 2.05. The second kappa shape index (κ2) is 7.45. The van der Waals surface area contributed by atoms with Crippen LogP contribution in [0.1, 0.15) is 12.0 Å². The lowest BCUT2D eigenvalue weighted by molar-refractivity contribution is -0.150. The molecule has 0 saturated carbocycles. The number of ether oxygens (including phenoxy) is 1. The summed E-state index contributed by atoms with van der Waals surface area (Å²) in [6.45, 7) is 0. The summed E-state index contributed by atoms with van der Waals surface area (Å²) in [5, 5.41) is 18.0. The van der Waals surface area contributed by atoms with Crippen LogP contribution in [0.4, 0.5) is 0 Å². The molecule has 126 valence electrons. The summed E-state index contributed by atoms with van der Waals surface area (Å²) in [5.74, 6) is -2.70. The zero-order valence-electron chi connectivity index (χ0n) is 12.5. The first-order valence-corrected chi connectivity index (χ1v) is 7.91. The van der Waals surface area contributed by atoms with E-state index in [-0.39, 0.29) is 9.23 Å². The molecule has 0 bridgehead atoms. The van der Waals surface area contributed by atoms with Crippen LogP contribution in [-0.4, -0.2) is 50.4 Å². The summed E-state index contributed by atoms with van der Waals surface area (Å²) < 4.78 is 5.07. The highest BCUT2D eigenvalue weighted by molar-refractivity contribution is 8.26. The van der Waals surface area contributed by atoms with Crippen molar-refractivity contribution in [2.24, 2.45) is 0 Å². The van der Waals surface area contributed by atoms with E-state index in [2.05, 4.69) is 0 Å². The van der Waals surface area contributed by atoms with Crippen molar-refractivity contribution in [3.05, 3.63) is 34.7 Å². The molecule has 1 fully saturated rings. The lowest BCUT2D eigenvalue weighted by Crippen LogP contribution is -2.45. The van der Waals surface area contributed by atoms with E-state index in [1.807, 2.05) is 0 Å². The van der Waals surface area contributed by atoms with E-state index in [0.29, 0.717) is 11.3 Å². The second-order valence-corrected chi connectivity index (χ2v) is 6.45. The lowest BCUT2D eigenvalue weighted by atomic mass is 10.1. The lowest BCUT2D eigenvalue weighted by Gasteiger charge is -2.21. The molecule has 2 N–H and O–H groups in total. The van der Waals surface area contributed by atoms with Gasteiger partial charge in [-0.2, -0.15) is 0 Å². The first-order valence-electron chi connectivity index (χ1n) is 6.69. The van der Waals surface area contributed by atoms with E-state index in [0.717, 1.165) is 16.7 Å². The Hall–Kier alpha value is -2.39. The van der Waals surface area contributed by atoms with Crippen molar-refractivity contribution in [2.45, 2.75) is 12.5 Å². The number of amides is 1. The van der Waals surface area contributed by atoms with Gasteiger partial charge in [-0.25, -0.2) is 4.79 Å². The molecule has 1 unspecified atom stereocenters. The van der Waals surface area contributed by atoms with Crippen molar-refractivity contribution >= 4 is 52.2 Å². The minimum absolute atomic E-state index is 0.0217. The number of carboxylic acids is 2. The Balaban J connectivity index is 2.27. The average Bonchev–Trinajstić information content (AvgIpc) is 2.79. The molecule has 1 heterocycles. The number of methoxy groups -OCH3 is 1. The molecule has 24 heavy (non-hydrogen) atoms. The predicted molar refractivity (Wildman–Crippen MR) is 91.7 cm³/mol. The number of nitrogens with zero attached hydrogens (tertiary/aromatic N) is 1. The molecule has 1 aromatic carbocycles. The van der Waals surface area contributed by atoms with Crippen LogP contribution in [0.3, 0.4) is 0 Å². The number of carbonyl (C=O) groups is 3. The first-order chi connectivity index (χ1) is 11.3. The maximum atomic E-state index is 12.4. The van der Waals surface area contributed by atoms with E-state index in [9.17, 15) is 19.5 Å². The van der Waals surface area contributed by atoms with Crippen molar-refractivity contribution in [3.8, 4) is 5.75 Å². The summed E-state index contributed by atoms with van der Waals surface area (Å²) in [5.41, 5.74) is 0.710. The minimum Gasteiger partial charge on any atom is -0.497 e. The average molecular weight is 367 g/mol. The zero-order chi connectivity index (χ0) is 17.9. The van der Waals surface area contributed by atoms with E-state index in [4.69, 9.17) is 22.1 Å². The number of thiocarbonyl (C=S) groups is 1. The Morgan fingerprint density at radius 1 is 1.33 bits per heavy atom. The van der Waals surface area contributed by atoms with Crippen molar-refractivity contribution in [3.63, 3.8) is 0 Å². The van der Waals surface area contributed by atoms with Crippen LogP contribution in [0.2, 0.25) is 0 Å². The predicted octanol–water partition coefficient (Wildman–Crippen LogP) is 1.82. The first kappa shape index (κ1) is 18.0. The van der Waals surface area contributed by atoms with E-state index < -0.39 is 30.3 Å². The third-order valence-corrected chi connectivity index (χ3v) is 4.53. The third-order valence-electron chi connectivity index (χ3n) is 3.20. The molecular weight excluding hydrogens is 354 g/mol. The standard InChI is InChI=1S/C15H13NO6S2/c1-22-9-4-2-8(3-5-9)6-11-13(19)16(15(23)24-11)10(14(20)21)7-12(17)18/h2-6,10H,7H2,1H3,(H,17,18)(H,20,21)/b11-6+. The summed E-state index contributed by atoms with van der Waals surface area (Å²) in [6.07, 6.45) is 0.843. The van der Waals surface area contributed by atoms with Gasteiger partial charge in [-0.1, -0.05) is 36.1 Å². The maximum absolute atomic E-state index is 12.4. The number of rotatable bonds is 6. The zero-order valence-corrected chi connectivity index (χ0v) is 14.1. The van der Waals surface area contributed by atoms with E-state index >= 15 is 0 Å². The van der Waals surface area contributed by atoms with Crippen molar-refractivity contribution in [2.75, 3.05) is 7.11 Å². The monoisotopic (exact) mass is 367 g/mol. The fraction of sp³-hybridized carbons (Fsp3) is 0.200. The van der Waals surface area contributed by atoms with Gasteiger partial charge in [-0.05, 0) is 23.8 Å². The highest BCUT2D eigenvalue weighted by Gasteiger charge is 2.41. The molecule has 2 rings (SSSR count). The van der Waals surface area contributed by atoms with Crippen LogP contribution < -0.4 is 4.74 Å². The molecular formula is C15H13NO6S2. The smallest absolute Gasteiger partial charge is 0.327 e. The summed E-state index contributed by atoms with van der Waals surface area (Å²) in [4.78, 5) is 35.6. The van der Waals surface area contributed by atoms with Crippen molar-refractivity contribution in [1.82, 2.24) is 4.90 Å². The summed E-state index contributed by atoms with van der Waals surface area (Å²) in [6, 6.07) is 5.37. The number of thioether (sulfide) groups is 1. The Bertz CT molecular complexity index is 728. The molecule has 0 aliphatic carbocycles. The van der Waals surface area contributed by atoms with Crippen LogP contribution in [-0.2, 0) is 14.4 Å². The number of carbonyl (C=O) groups excluding carboxylic acids is 1. The van der Waals surface area contributed by atoms with E-state index in [1.165, 1.54) is 7.11 Å². The summed E-state index contributed by atoms with van der Waals surface area (Å²) >= 11 is 5.99. The number of carboxylic acid groups (broad SMARTS) is 2. The van der Waals surface area contributed by atoms with Crippen molar-refractivity contribution in [1.29, 1.82) is 0 Å². The Morgan fingerprint density at radius 3 is 2.46 bits per heavy atom. The number of aliphatic carboxylic acids is 2. The molecule has 1 saturated heterocycles. The number of benzene rings is 1. The van der Waals surface area contributed by atoms with Crippen LogP contribution in [0.5, 0.6) is 5.75 Å². The number of hydrogen-bond acceptors (Lipinski definition) is 6. The Kier molecular flexibility index (Phi) is 5.58. The van der Waals surface area contributed by atoms with Gasteiger partial charge in [0.05, 0.1) is 18.4 Å². The molecule has 1 aliphatic heterocycles. The molecule has 9 heteroatoms. The number of hydrogen-bond donors (Lipinski definition) is 2. The molecule has 1 atom stereocenters. The van der Waals surface area contributed by atoms with Gasteiger partial charge in [0.2, 0.25) is 0 Å². The van der Waals surface area contributed by atoms with Gasteiger partial charge in [-0.3, -0.25) is 14.5 Å². The minimum atomic E-state index is -1.53. The highest BCUT2D eigenvalue weighted by Crippen LogP contribution is 2.34. The SMILES string of the molecule is COc1ccc(/C=C2/SC(=S)N(C(CC(=O)O)C(=O)O)C2=O)cc1. The topological polar surface area (TPSA) is 104 Å². The second-order valence-electron chi connectivity index (χ2n) is 4.78.